The third-order valence-electron chi connectivity index (χ3n) is 2.47. The normalized spacial score (nSPS) is 10.6. The van der Waals surface area contributed by atoms with Crippen molar-refractivity contribution in [3.8, 4) is 0 Å². The second-order valence-electron chi connectivity index (χ2n) is 4.00. The standard InChI is InChI=1S/C12H15FN4O/c1-17(8-9-2-4-10(13)5-3-9)12-16-15-11(18-12)6-7-14/h2-5H,6-8,14H2,1H3. The highest BCUT2D eigenvalue weighted by molar-refractivity contribution is 5.27. The summed E-state index contributed by atoms with van der Waals surface area (Å²) in [6, 6.07) is 6.74. The molecule has 1 heterocycles. The Morgan fingerprint density at radius 2 is 2.00 bits per heavy atom. The maximum absolute atomic E-state index is 12.8. The summed E-state index contributed by atoms with van der Waals surface area (Å²) in [5, 5.41) is 7.81. The van der Waals surface area contributed by atoms with E-state index in [2.05, 4.69) is 10.2 Å². The van der Waals surface area contributed by atoms with Gasteiger partial charge < -0.3 is 15.1 Å². The predicted molar refractivity (Wildman–Crippen MR) is 65.6 cm³/mol. The molecule has 0 bridgehead atoms. The molecule has 2 aromatic rings. The molecule has 0 spiro atoms. The van der Waals surface area contributed by atoms with Gasteiger partial charge in [-0.05, 0) is 17.7 Å². The molecule has 2 N–H and O–H groups in total. The van der Waals surface area contributed by atoms with Crippen LogP contribution in [0.3, 0.4) is 0 Å². The summed E-state index contributed by atoms with van der Waals surface area (Å²) in [7, 11) is 1.84. The first kappa shape index (κ1) is 12.5. The van der Waals surface area contributed by atoms with E-state index in [0.29, 0.717) is 31.4 Å². The minimum atomic E-state index is -0.246. The van der Waals surface area contributed by atoms with Crippen LogP contribution in [0.4, 0.5) is 10.4 Å². The summed E-state index contributed by atoms with van der Waals surface area (Å²) in [6.45, 7) is 1.05. The van der Waals surface area contributed by atoms with E-state index in [9.17, 15) is 4.39 Å². The van der Waals surface area contributed by atoms with Gasteiger partial charge in [-0.1, -0.05) is 17.2 Å². The van der Waals surface area contributed by atoms with Crippen LogP contribution in [0.15, 0.2) is 28.7 Å². The van der Waals surface area contributed by atoms with Gasteiger partial charge in [-0.25, -0.2) is 4.39 Å². The van der Waals surface area contributed by atoms with Crippen molar-refractivity contribution in [1.82, 2.24) is 10.2 Å². The van der Waals surface area contributed by atoms with Crippen LogP contribution >= 0.6 is 0 Å². The molecule has 0 radical (unpaired) electrons. The zero-order valence-electron chi connectivity index (χ0n) is 10.1. The number of benzene rings is 1. The van der Waals surface area contributed by atoms with E-state index in [1.807, 2.05) is 7.05 Å². The molecule has 18 heavy (non-hydrogen) atoms. The molecule has 1 aromatic heterocycles. The summed E-state index contributed by atoms with van der Waals surface area (Å²) < 4.78 is 18.2. The van der Waals surface area contributed by atoms with E-state index < -0.39 is 0 Å². The molecule has 96 valence electrons. The van der Waals surface area contributed by atoms with Crippen LogP contribution in [0.1, 0.15) is 11.5 Å². The SMILES string of the molecule is CN(Cc1ccc(F)cc1)c1nnc(CCN)o1. The van der Waals surface area contributed by atoms with Gasteiger partial charge in [0.1, 0.15) is 5.82 Å². The number of aromatic nitrogens is 2. The molecule has 0 atom stereocenters. The molecule has 0 unspecified atom stereocenters. The Kier molecular flexibility index (Phi) is 3.88. The highest BCUT2D eigenvalue weighted by Crippen LogP contribution is 2.14. The molecule has 0 saturated heterocycles. The lowest BCUT2D eigenvalue weighted by Gasteiger charge is -2.13. The minimum absolute atomic E-state index is 0.246. The molecule has 2 rings (SSSR count). The monoisotopic (exact) mass is 250 g/mol. The van der Waals surface area contributed by atoms with Crippen LogP contribution in [0.2, 0.25) is 0 Å². The van der Waals surface area contributed by atoms with Gasteiger partial charge in [0.15, 0.2) is 0 Å². The van der Waals surface area contributed by atoms with E-state index in [0.717, 1.165) is 5.56 Å². The molecule has 5 nitrogen and oxygen atoms in total. The molecular formula is C12H15FN4O. The highest BCUT2D eigenvalue weighted by atomic mass is 19.1. The Balaban J connectivity index is 2.02. The van der Waals surface area contributed by atoms with Gasteiger partial charge in [-0.2, -0.15) is 0 Å². The zero-order valence-corrected chi connectivity index (χ0v) is 10.1. The van der Waals surface area contributed by atoms with Crippen molar-refractivity contribution in [3.63, 3.8) is 0 Å². The van der Waals surface area contributed by atoms with Crippen molar-refractivity contribution in [2.45, 2.75) is 13.0 Å². The smallest absolute Gasteiger partial charge is 0.318 e. The number of hydrogen-bond donors (Lipinski definition) is 1. The molecule has 0 amide bonds. The third-order valence-corrected chi connectivity index (χ3v) is 2.47. The molecule has 6 heteroatoms. The second kappa shape index (κ2) is 5.59. The van der Waals surface area contributed by atoms with Crippen LogP contribution in [0.5, 0.6) is 0 Å². The van der Waals surface area contributed by atoms with E-state index >= 15 is 0 Å². The molecule has 0 aliphatic heterocycles. The Bertz CT molecular complexity index is 497. The summed E-state index contributed by atoms with van der Waals surface area (Å²) in [4.78, 5) is 1.81. The largest absolute Gasteiger partial charge is 0.408 e. The number of rotatable bonds is 5. The fourth-order valence-corrected chi connectivity index (χ4v) is 1.55. The molecule has 1 aromatic carbocycles. The van der Waals surface area contributed by atoms with Gasteiger partial charge in [-0.15, -0.1) is 5.10 Å². The lowest BCUT2D eigenvalue weighted by Crippen LogP contribution is -2.16. The van der Waals surface area contributed by atoms with Crippen LogP contribution in [-0.2, 0) is 13.0 Å². The maximum atomic E-state index is 12.8. The number of nitrogens with two attached hydrogens (primary N) is 1. The van der Waals surface area contributed by atoms with Crippen molar-refractivity contribution < 1.29 is 8.81 Å². The fraction of sp³-hybridized carbons (Fsp3) is 0.333. The van der Waals surface area contributed by atoms with E-state index in [1.54, 1.807) is 17.0 Å². The van der Waals surface area contributed by atoms with Gasteiger partial charge in [-0.3, -0.25) is 0 Å². The summed E-state index contributed by atoms with van der Waals surface area (Å²) in [5.74, 6) is 0.280. The van der Waals surface area contributed by atoms with E-state index in [4.69, 9.17) is 10.2 Å². The van der Waals surface area contributed by atoms with Crippen LogP contribution in [0.25, 0.3) is 0 Å². The maximum Gasteiger partial charge on any atom is 0.318 e. The van der Waals surface area contributed by atoms with Crippen LogP contribution in [0, 0.1) is 5.82 Å². The molecule has 0 saturated carbocycles. The molecule has 0 aliphatic rings. The first-order valence-corrected chi connectivity index (χ1v) is 5.67. The second-order valence-corrected chi connectivity index (χ2v) is 4.00. The summed E-state index contributed by atoms with van der Waals surface area (Å²) >= 11 is 0. The first-order valence-electron chi connectivity index (χ1n) is 5.67. The Hall–Kier alpha value is -1.95. The average molecular weight is 250 g/mol. The topological polar surface area (TPSA) is 68.2 Å². The zero-order chi connectivity index (χ0) is 13.0. The Morgan fingerprint density at radius 3 is 2.67 bits per heavy atom. The van der Waals surface area contributed by atoms with Crippen molar-refractivity contribution in [3.05, 3.63) is 41.5 Å². The van der Waals surface area contributed by atoms with Crippen LogP contribution < -0.4 is 10.6 Å². The number of anilines is 1. The minimum Gasteiger partial charge on any atom is -0.408 e. The van der Waals surface area contributed by atoms with Crippen LogP contribution in [-0.4, -0.2) is 23.8 Å². The molecule has 0 fully saturated rings. The Morgan fingerprint density at radius 1 is 1.28 bits per heavy atom. The van der Waals surface area contributed by atoms with Crippen molar-refractivity contribution in [1.29, 1.82) is 0 Å². The Labute approximate surface area is 104 Å². The quantitative estimate of drug-likeness (QED) is 0.867. The molecular weight excluding hydrogens is 235 g/mol. The van der Waals surface area contributed by atoms with Gasteiger partial charge in [0, 0.05) is 26.6 Å². The summed E-state index contributed by atoms with van der Waals surface area (Å²) in [5.41, 5.74) is 6.38. The highest BCUT2D eigenvalue weighted by Gasteiger charge is 2.10. The van der Waals surface area contributed by atoms with Gasteiger partial charge >= 0.3 is 6.01 Å². The van der Waals surface area contributed by atoms with E-state index in [1.165, 1.54) is 12.1 Å². The third kappa shape index (κ3) is 3.04. The predicted octanol–water partition coefficient (Wildman–Crippen LogP) is 1.35. The van der Waals surface area contributed by atoms with Gasteiger partial charge in [0.05, 0.1) is 0 Å². The lowest BCUT2D eigenvalue weighted by atomic mass is 10.2. The number of hydrogen-bond acceptors (Lipinski definition) is 5. The molecule has 0 aliphatic carbocycles. The summed E-state index contributed by atoms with van der Waals surface area (Å²) in [6.07, 6.45) is 0.567. The van der Waals surface area contributed by atoms with Crippen molar-refractivity contribution in [2.75, 3.05) is 18.5 Å². The van der Waals surface area contributed by atoms with Crippen molar-refractivity contribution >= 4 is 6.01 Å². The average Bonchev–Trinajstić information content (AvgIpc) is 2.81. The number of nitrogens with zero attached hydrogens (tertiary/aromatic N) is 3. The fourth-order valence-electron chi connectivity index (χ4n) is 1.55. The van der Waals surface area contributed by atoms with Gasteiger partial charge in [0.25, 0.3) is 0 Å². The van der Waals surface area contributed by atoms with E-state index in [-0.39, 0.29) is 5.82 Å². The first-order chi connectivity index (χ1) is 8.69. The van der Waals surface area contributed by atoms with Gasteiger partial charge in [0.2, 0.25) is 5.89 Å². The van der Waals surface area contributed by atoms with Crippen molar-refractivity contribution in [2.24, 2.45) is 5.73 Å². The lowest BCUT2D eigenvalue weighted by molar-refractivity contribution is 0.489. The number of halogens is 1.